The van der Waals surface area contributed by atoms with Gasteiger partial charge in [-0.15, -0.1) is 0 Å². The van der Waals surface area contributed by atoms with Gasteiger partial charge in [0.25, 0.3) is 5.91 Å². The molecule has 0 bridgehead atoms. The summed E-state index contributed by atoms with van der Waals surface area (Å²) >= 11 is 0. The number of carbonyl (C=O) groups is 1. The molecule has 104 valence electrons. The third-order valence-electron chi connectivity index (χ3n) is 2.67. The van der Waals surface area contributed by atoms with Crippen molar-refractivity contribution in [2.24, 2.45) is 0 Å². The Bertz CT molecular complexity index is 473. The third-order valence-corrected chi connectivity index (χ3v) is 2.67. The van der Waals surface area contributed by atoms with Crippen molar-refractivity contribution >= 4 is 5.91 Å². The van der Waals surface area contributed by atoms with Crippen LogP contribution in [0.3, 0.4) is 0 Å². The van der Waals surface area contributed by atoms with E-state index in [0.29, 0.717) is 17.1 Å². The van der Waals surface area contributed by atoms with E-state index in [1.165, 1.54) is 0 Å². The summed E-state index contributed by atoms with van der Waals surface area (Å²) in [7, 11) is 1.61. The molecule has 1 N–H and O–H groups in total. The van der Waals surface area contributed by atoms with Crippen LogP contribution >= 0.6 is 0 Å². The van der Waals surface area contributed by atoms with Gasteiger partial charge in [-0.25, -0.2) is 0 Å². The van der Waals surface area contributed by atoms with Gasteiger partial charge in [0.2, 0.25) is 0 Å². The van der Waals surface area contributed by atoms with Crippen molar-refractivity contribution in [1.82, 2.24) is 5.32 Å². The Morgan fingerprint density at radius 1 is 1.26 bits per heavy atom. The van der Waals surface area contributed by atoms with Crippen LogP contribution in [-0.2, 0) is 0 Å². The zero-order chi connectivity index (χ0) is 14.0. The highest BCUT2D eigenvalue weighted by Crippen LogP contribution is 2.36. The first-order valence-corrected chi connectivity index (χ1v) is 6.61. The van der Waals surface area contributed by atoms with Crippen LogP contribution in [0.25, 0.3) is 0 Å². The zero-order valence-corrected chi connectivity index (χ0v) is 11.9. The minimum absolute atomic E-state index is 0.122. The summed E-state index contributed by atoms with van der Waals surface area (Å²) in [6.07, 6.45) is 2.40. The summed E-state index contributed by atoms with van der Waals surface area (Å²) in [6.45, 7) is 5.96. The summed E-state index contributed by atoms with van der Waals surface area (Å²) < 4.78 is 11.7. The molecule has 0 unspecified atom stereocenters. The highest BCUT2D eigenvalue weighted by molar-refractivity contribution is 5.94. The van der Waals surface area contributed by atoms with Crippen LogP contribution in [0.4, 0.5) is 0 Å². The molecule has 4 heteroatoms. The van der Waals surface area contributed by atoms with Crippen molar-refractivity contribution in [1.29, 1.82) is 0 Å². The van der Waals surface area contributed by atoms with Gasteiger partial charge in [0, 0.05) is 12.6 Å². The number of ether oxygens (including phenoxy) is 2. The molecule has 1 aliphatic rings. The van der Waals surface area contributed by atoms with Gasteiger partial charge >= 0.3 is 0 Å². The molecule has 1 saturated carbocycles. The average molecular weight is 263 g/mol. The van der Waals surface area contributed by atoms with Crippen LogP contribution in [0.1, 0.15) is 44.0 Å². The fraction of sp³-hybridized carbons (Fsp3) is 0.533. The monoisotopic (exact) mass is 263 g/mol. The van der Waals surface area contributed by atoms with Gasteiger partial charge in [-0.3, -0.25) is 4.79 Å². The van der Waals surface area contributed by atoms with Gasteiger partial charge in [0.1, 0.15) is 5.60 Å². The highest BCUT2D eigenvalue weighted by Gasteiger charge is 2.26. The molecule has 0 heterocycles. The van der Waals surface area contributed by atoms with Gasteiger partial charge in [0.15, 0.2) is 11.5 Å². The van der Waals surface area contributed by atoms with Crippen molar-refractivity contribution in [3.05, 3.63) is 23.8 Å². The van der Waals surface area contributed by atoms with E-state index in [9.17, 15) is 4.79 Å². The van der Waals surface area contributed by atoms with Crippen molar-refractivity contribution in [2.45, 2.75) is 45.3 Å². The second kappa shape index (κ2) is 5.11. The third kappa shape index (κ3) is 3.88. The predicted molar refractivity (Wildman–Crippen MR) is 73.9 cm³/mol. The fourth-order valence-electron chi connectivity index (χ4n) is 1.67. The molecule has 0 atom stereocenters. The number of benzene rings is 1. The van der Waals surface area contributed by atoms with Crippen LogP contribution in [-0.4, -0.2) is 24.7 Å². The number of rotatable bonds is 4. The summed E-state index contributed by atoms with van der Waals surface area (Å²) in [5, 5.41) is 2.61. The van der Waals surface area contributed by atoms with Crippen LogP contribution in [0.5, 0.6) is 11.5 Å². The van der Waals surface area contributed by atoms with Gasteiger partial charge in [0.05, 0.1) is 6.10 Å². The Kier molecular flexibility index (Phi) is 3.69. The Balaban J connectivity index is 2.27. The molecule has 0 aliphatic heterocycles. The van der Waals surface area contributed by atoms with Gasteiger partial charge < -0.3 is 14.8 Å². The summed E-state index contributed by atoms with van der Waals surface area (Å²) in [5.41, 5.74) is 0.287. The molecule has 1 aromatic rings. The maximum absolute atomic E-state index is 11.7. The topological polar surface area (TPSA) is 47.6 Å². The van der Waals surface area contributed by atoms with Crippen molar-refractivity contribution in [3.63, 3.8) is 0 Å². The molecule has 1 aliphatic carbocycles. The first-order chi connectivity index (χ1) is 8.89. The Morgan fingerprint density at radius 2 is 1.95 bits per heavy atom. The average Bonchev–Trinajstić information content (AvgIpc) is 3.12. The van der Waals surface area contributed by atoms with E-state index in [-0.39, 0.29) is 17.6 Å². The lowest BCUT2D eigenvalue weighted by molar-refractivity contribution is 0.0962. The van der Waals surface area contributed by atoms with Crippen molar-refractivity contribution in [2.75, 3.05) is 7.05 Å². The largest absolute Gasteiger partial charge is 0.487 e. The first-order valence-electron chi connectivity index (χ1n) is 6.61. The smallest absolute Gasteiger partial charge is 0.251 e. The number of nitrogens with one attached hydrogen (secondary N) is 1. The number of amides is 1. The molecule has 0 spiro atoms. The highest BCUT2D eigenvalue weighted by atomic mass is 16.5. The molecular weight excluding hydrogens is 242 g/mol. The Morgan fingerprint density at radius 3 is 2.47 bits per heavy atom. The van der Waals surface area contributed by atoms with Crippen molar-refractivity contribution < 1.29 is 14.3 Å². The fourth-order valence-corrected chi connectivity index (χ4v) is 1.67. The molecule has 0 radical (unpaired) electrons. The van der Waals surface area contributed by atoms with E-state index < -0.39 is 0 Å². The predicted octanol–water partition coefficient (Wildman–Crippen LogP) is 2.76. The maximum Gasteiger partial charge on any atom is 0.251 e. The zero-order valence-electron chi connectivity index (χ0n) is 11.9. The van der Waals surface area contributed by atoms with Crippen LogP contribution in [0, 0.1) is 0 Å². The molecule has 19 heavy (non-hydrogen) atoms. The minimum atomic E-state index is -0.295. The summed E-state index contributed by atoms with van der Waals surface area (Å²) in [6, 6.07) is 5.30. The molecule has 1 amide bonds. The molecule has 1 fully saturated rings. The van der Waals surface area contributed by atoms with E-state index in [2.05, 4.69) is 5.32 Å². The minimum Gasteiger partial charge on any atom is -0.487 e. The molecule has 0 saturated heterocycles. The number of hydrogen-bond donors (Lipinski definition) is 1. The molecule has 0 aromatic heterocycles. The second-order valence-corrected chi connectivity index (χ2v) is 5.77. The first kappa shape index (κ1) is 13.7. The molecular formula is C15H21NO3. The van der Waals surface area contributed by atoms with E-state index in [1.54, 1.807) is 25.2 Å². The van der Waals surface area contributed by atoms with E-state index >= 15 is 0 Å². The van der Waals surface area contributed by atoms with Gasteiger partial charge in [-0.2, -0.15) is 0 Å². The van der Waals surface area contributed by atoms with Crippen LogP contribution in [0.15, 0.2) is 18.2 Å². The van der Waals surface area contributed by atoms with E-state index in [1.807, 2.05) is 20.8 Å². The second-order valence-electron chi connectivity index (χ2n) is 5.77. The lowest BCUT2D eigenvalue weighted by Crippen LogP contribution is -2.24. The van der Waals surface area contributed by atoms with Gasteiger partial charge in [-0.05, 0) is 51.8 Å². The number of carbonyl (C=O) groups excluding carboxylic acids is 1. The Hall–Kier alpha value is -1.71. The van der Waals surface area contributed by atoms with E-state index in [0.717, 1.165) is 12.8 Å². The number of hydrogen-bond acceptors (Lipinski definition) is 3. The maximum atomic E-state index is 11.7. The lowest BCUT2D eigenvalue weighted by atomic mass is 10.1. The normalized spacial score (nSPS) is 14.9. The molecule has 4 nitrogen and oxygen atoms in total. The standard InChI is InChI=1S/C15H21NO3/c1-15(2,3)19-12-8-5-10(14(17)16-4)9-13(12)18-11-6-7-11/h5,8-9,11H,6-7H2,1-4H3,(H,16,17). The van der Waals surface area contributed by atoms with Crippen molar-refractivity contribution in [3.8, 4) is 11.5 Å². The Labute approximate surface area is 114 Å². The quantitative estimate of drug-likeness (QED) is 0.908. The summed E-state index contributed by atoms with van der Waals surface area (Å²) in [5.74, 6) is 1.22. The lowest BCUT2D eigenvalue weighted by Gasteiger charge is -2.23. The SMILES string of the molecule is CNC(=O)c1ccc(OC(C)(C)C)c(OC2CC2)c1. The molecule has 1 aromatic carbocycles. The van der Waals surface area contributed by atoms with Crippen LogP contribution < -0.4 is 14.8 Å². The van der Waals surface area contributed by atoms with Gasteiger partial charge in [-0.1, -0.05) is 0 Å². The summed E-state index contributed by atoms with van der Waals surface area (Å²) in [4.78, 5) is 11.7. The van der Waals surface area contributed by atoms with Crippen LogP contribution in [0.2, 0.25) is 0 Å². The van der Waals surface area contributed by atoms with E-state index in [4.69, 9.17) is 9.47 Å². The molecule has 2 rings (SSSR count).